The molecule has 0 bridgehead atoms. The fraction of sp³-hybridized carbons (Fsp3) is 0.538. The van der Waals surface area contributed by atoms with Crippen molar-refractivity contribution in [3.05, 3.63) is 27.7 Å². The summed E-state index contributed by atoms with van der Waals surface area (Å²) in [5.41, 5.74) is 0. The second kappa shape index (κ2) is 6.75. The van der Waals surface area contributed by atoms with E-state index in [0.29, 0.717) is 19.0 Å². The molecule has 0 radical (unpaired) electrons. The molecule has 1 aromatic carbocycles. The minimum absolute atomic E-state index is 0.187. The molecule has 0 amide bonds. The third-order valence-corrected chi connectivity index (χ3v) is 6.33. The molecule has 1 unspecified atom stereocenters. The van der Waals surface area contributed by atoms with Crippen molar-refractivity contribution >= 4 is 37.6 Å². The average Bonchev–Trinajstić information content (AvgIpc) is 2.39. The SMILES string of the molecule is CNCC1CCCN(S(=O)(=O)c2ccc(Br)cc2Cl)C1. The lowest BCUT2D eigenvalue weighted by Gasteiger charge is -2.32. The quantitative estimate of drug-likeness (QED) is 0.872. The van der Waals surface area contributed by atoms with Crippen molar-refractivity contribution in [1.29, 1.82) is 0 Å². The van der Waals surface area contributed by atoms with E-state index in [1.165, 1.54) is 0 Å². The van der Waals surface area contributed by atoms with Crippen LogP contribution in [0.4, 0.5) is 0 Å². The summed E-state index contributed by atoms with van der Waals surface area (Å²) in [5, 5.41) is 3.37. The molecule has 4 nitrogen and oxygen atoms in total. The lowest BCUT2D eigenvalue weighted by molar-refractivity contribution is 0.263. The van der Waals surface area contributed by atoms with Crippen molar-refractivity contribution in [3.63, 3.8) is 0 Å². The Bertz CT molecular complexity index is 578. The minimum atomic E-state index is -3.51. The number of hydrogen-bond acceptors (Lipinski definition) is 3. The molecule has 1 aliphatic rings. The Morgan fingerprint density at radius 1 is 1.50 bits per heavy atom. The third-order valence-electron chi connectivity index (χ3n) is 3.49. The average molecular weight is 382 g/mol. The van der Waals surface area contributed by atoms with E-state index in [9.17, 15) is 8.42 Å². The molecule has 7 heteroatoms. The van der Waals surface area contributed by atoms with Crippen LogP contribution in [0.5, 0.6) is 0 Å². The second-order valence-electron chi connectivity index (χ2n) is 5.00. The van der Waals surface area contributed by atoms with E-state index in [2.05, 4.69) is 21.2 Å². The number of rotatable bonds is 4. The molecule has 0 aromatic heterocycles. The summed E-state index contributed by atoms with van der Waals surface area (Å²) in [7, 11) is -1.62. The maximum atomic E-state index is 12.7. The van der Waals surface area contributed by atoms with Gasteiger partial charge in [0.2, 0.25) is 10.0 Å². The predicted molar refractivity (Wildman–Crippen MR) is 84.6 cm³/mol. The predicted octanol–water partition coefficient (Wildman–Crippen LogP) is 2.72. The molecule has 1 saturated heterocycles. The largest absolute Gasteiger partial charge is 0.319 e. The highest BCUT2D eigenvalue weighted by Gasteiger charge is 2.31. The third kappa shape index (κ3) is 3.54. The van der Waals surface area contributed by atoms with Gasteiger partial charge in [0, 0.05) is 17.6 Å². The lowest BCUT2D eigenvalue weighted by Crippen LogP contribution is -2.42. The Labute approximate surface area is 133 Å². The number of nitrogens with one attached hydrogen (secondary N) is 1. The Morgan fingerprint density at radius 3 is 2.90 bits per heavy atom. The fourth-order valence-electron chi connectivity index (χ4n) is 2.52. The van der Waals surface area contributed by atoms with Crippen LogP contribution in [0, 0.1) is 5.92 Å². The number of benzene rings is 1. The molecule has 1 atom stereocenters. The molecule has 0 saturated carbocycles. The summed E-state index contributed by atoms with van der Waals surface area (Å²) in [6.07, 6.45) is 1.95. The summed E-state index contributed by atoms with van der Waals surface area (Å²) in [6, 6.07) is 4.88. The van der Waals surface area contributed by atoms with Crippen molar-refractivity contribution in [2.45, 2.75) is 17.7 Å². The van der Waals surface area contributed by atoms with Gasteiger partial charge in [-0.25, -0.2) is 8.42 Å². The first-order chi connectivity index (χ1) is 9.45. The van der Waals surface area contributed by atoms with Crippen LogP contribution in [0.3, 0.4) is 0 Å². The Morgan fingerprint density at radius 2 is 2.25 bits per heavy atom. The van der Waals surface area contributed by atoms with Crippen LogP contribution in [0.2, 0.25) is 5.02 Å². The van der Waals surface area contributed by atoms with E-state index >= 15 is 0 Å². The molecule has 20 heavy (non-hydrogen) atoms. The molecule has 1 heterocycles. The molecule has 112 valence electrons. The van der Waals surface area contributed by atoms with Gasteiger partial charge in [-0.15, -0.1) is 0 Å². The summed E-state index contributed by atoms with van der Waals surface area (Å²) in [4.78, 5) is 0.187. The van der Waals surface area contributed by atoms with E-state index in [1.807, 2.05) is 7.05 Å². The first kappa shape index (κ1) is 16.2. The van der Waals surface area contributed by atoms with Crippen molar-refractivity contribution in [1.82, 2.24) is 9.62 Å². The van der Waals surface area contributed by atoms with Crippen LogP contribution < -0.4 is 5.32 Å². The summed E-state index contributed by atoms with van der Waals surface area (Å²) < 4.78 is 27.7. The van der Waals surface area contributed by atoms with Crippen LogP contribution >= 0.6 is 27.5 Å². The van der Waals surface area contributed by atoms with Gasteiger partial charge in [0.15, 0.2) is 0 Å². The van der Waals surface area contributed by atoms with E-state index in [-0.39, 0.29) is 9.92 Å². The Kier molecular flexibility index (Phi) is 5.48. The molecule has 0 spiro atoms. The standard InChI is InChI=1S/C13H18BrClN2O2S/c1-16-8-10-3-2-6-17(9-10)20(18,19)13-5-4-11(14)7-12(13)15/h4-5,7,10,16H,2-3,6,8-9H2,1H3. The zero-order valence-corrected chi connectivity index (χ0v) is 14.4. The van der Waals surface area contributed by atoms with Crippen LogP contribution in [0.15, 0.2) is 27.6 Å². The zero-order chi connectivity index (χ0) is 14.8. The molecule has 1 N–H and O–H groups in total. The monoisotopic (exact) mass is 380 g/mol. The Balaban J connectivity index is 2.25. The smallest absolute Gasteiger partial charge is 0.244 e. The van der Waals surface area contributed by atoms with Crippen LogP contribution in [0.25, 0.3) is 0 Å². The van der Waals surface area contributed by atoms with Gasteiger partial charge in [-0.2, -0.15) is 4.31 Å². The van der Waals surface area contributed by atoms with Crippen molar-refractivity contribution in [2.75, 3.05) is 26.7 Å². The molecule has 2 rings (SSSR count). The number of nitrogens with zero attached hydrogens (tertiary/aromatic N) is 1. The number of halogens is 2. The van der Waals surface area contributed by atoms with Gasteiger partial charge in [0.1, 0.15) is 4.90 Å². The maximum Gasteiger partial charge on any atom is 0.244 e. The molecule has 1 aliphatic heterocycles. The first-order valence-electron chi connectivity index (χ1n) is 6.55. The molecule has 1 aromatic rings. The normalized spacial score (nSPS) is 21.1. The van der Waals surface area contributed by atoms with Gasteiger partial charge >= 0.3 is 0 Å². The highest BCUT2D eigenvalue weighted by atomic mass is 79.9. The van der Waals surface area contributed by atoms with Crippen LogP contribution in [-0.4, -0.2) is 39.4 Å². The van der Waals surface area contributed by atoms with Gasteiger partial charge < -0.3 is 5.32 Å². The van der Waals surface area contributed by atoms with Gasteiger partial charge in [-0.05, 0) is 50.6 Å². The summed E-state index contributed by atoms with van der Waals surface area (Å²) in [6.45, 7) is 1.95. The first-order valence-corrected chi connectivity index (χ1v) is 9.16. The topological polar surface area (TPSA) is 49.4 Å². The van der Waals surface area contributed by atoms with Crippen LogP contribution in [-0.2, 0) is 10.0 Å². The van der Waals surface area contributed by atoms with E-state index in [4.69, 9.17) is 11.6 Å². The van der Waals surface area contributed by atoms with E-state index in [1.54, 1.807) is 22.5 Å². The van der Waals surface area contributed by atoms with Gasteiger partial charge in [-0.3, -0.25) is 0 Å². The highest BCUT2D eigenvalue weighted by Crippen LogP contribution is 2.30. The zero-order valence-electron chi connectivity index (χ0n) is 11.3. The van der Waals surface area contributed by atoms with Crippen LogP contribution in [0.1, 0.15) is 12.8 Å². The van der Waals surface area contributed by atoms with Gasteiger partial charge in [0.25, 0.3) is 0 Å². The second-order valence-corrected chi connectivity index (χ2v) is 8.23. The Hall–Kier alpha value is -0.140. The molecule has 1 fully saturated rings. The van der Waals surface area contributed by atoms with Crippen molar-refractivity contribution < 1.29 is 8.42 Å². The number of piperidine rings is 1. The molecular weight excluding hydrogens is 364 g/mol. The highest BCUT2D eigenvalue weighted by molar-refractivity contribution is 9.10. The molecule has 0 aliphatic carbocycles. The van der Waals surface area contributed by atoms with Gasteiger partial charge in [0.05, 0.1) is 5.02 Å². The number of hydrogen-bond donors (Lipinski definition) is 1. The summed E-state index contributed by atoms with van der Waals surface area (Å²) >= 11 is 9.37. The van der Waals surface area contributed by atoms with E-state index < -0.39 is 10.0 Å². The fourth-order valence-corrected chi connectivity index (χ4v) is 5.09. The van der Waals surface area contributed by atoms with Crippen molar-refractivity contribution in [3.8, 4) is 0 Å². The number of sulfonamides is 1. The van der Waals surface area contributed by atoms with Gasteiger partial charge in [-0.1, -0.05) is 27.5 Å². The minimum Gasteiger partial charge on any atom is -0.319 e. The summed E-state index contributed by atoms with van der Waals surface area (Å²) in [5.74, 6) is 0.359. The molecular formula is C13H18BrClN2O2S. The lowest BCUT2D eigenvalue weighted by atomic mass is 10.00. The maximum absolute atomic E-state index is 12.7. The van der Waals surface area contributed by atoms with E-state index in [0.717, 1.165) is 23.9 Å². The van der Waals surface area contributed by atoms with Crippen molar-refractivity contribution in [2.24, 2.45) is 5.92 Å².